The molecule has 0 atom stereocenters. The normalized spacial score (nSPS) is 11.5. The minimum Gasteiger partial charge on any atom is -0.473 e. The molecule has 0 N–H and O–H groups in total. The van der Waals surface area contributed by atoms with Gasteiger partial charge in [0, 0.05) is 6.07 Å². The van der Waals surface area contributed by atoms with E-state index in [1.165, 1.54) is 21.0 Å². The van der Waals surface area contributed by atoms with Crippen LogP contribution in [0.5, 0.6) is 5.88 Å². The van der Waals surface area contributed by atoms with E-state index in [1.54, 1.807) is 18.2 Å². The lowest BCUT2D eigenvalue weighted by Gasteiger charge is -2.15. The van der Waals surface area contributed by atoms with Crippen molar-refractivity contribution in [3.8, 4) is 5.88 Å². The van der Waals surface area contributed by atoms with Gasteiger partial charge in [-0.2, -0.15) is 0 Å². The van der Waals surface area contributed by atoms with E-state index in [2.05, 4.69) is 9.87 Å². The lowest BCUT2D eigenvalue weighted by molar-refractivity contribution is -0.271. The molecular weight excluding hydrogens is 297 g/mol. The van der Waals surface area contributed by atoms with Crippen molar-refractivity contribution in [3.63, 3.8) is 0 Å². The van der Waals surface area contributed by atoms with Crippen molar-refractivity contribution >= 4 is 0 Å². The van der Waals surface area contributed by atoms with Gasteiger partial charge in [-0.25, -0.2) is 19.1 Å². The molecule has 2 rings (SSSR count). The van der Waals surface area contributed by atoms with Crippen LogP contribution in [0.1, 0.15) is 30.7 Å². The van der Waals surface area contributed by atoms with Gasteiger partial charge in [0.25, 0.3) is 0 Å². The van der Waals surface area contributed by atoms with E-state index in [-0.39, 0.29) is 0 Å². The van der Waals surface area contributed by atoms with Crippen molar-refractivity contribution in [1.82, 2.24) is 4.98 Å². The molecular formula is C18H22FNO3. The van der Waals surface area contributed by atoms with E-state index in [0.29, 0.717) is 24.8 Å². The van der Waals surface area contributed by atoms with Crippen molar-refractivity contribution < 1.29 is 18.9 Å². The zero-order chi connectivity index (χ0) is 16.7. The van der Waals surface area contributed by atoms with Gasteiger partial charge in [0.2, 0.25) is 5.88 Å². The van der Waals surface area contributed by atoms with E-state index < -0.39 is 5.67 Å². The van der Waals surface area contributed by atoms with Gasteiger partial charge in [-0.3, -0.25) is 0 Å². The van der Waals surface area contributed by atoms with Crippen LogP contribution in [-0.4, -0.2) is 18.7 Å². The molecule has 0 aliphatic carbocycles. The number of hydrogen-bond donors (Lipinski definition) is 0. The maximum atomic E-state index is 14.0. The third-order valence-corrected chi connectivity index (χ3v) is 3.40. The predicted molar refractivity (Wildman–Crippen MR) is 85.8 cm³/mol. The summed E-state index contributed by atoms with van der Waals surface area (Å²) in [6.07, 6.45) is 0.721. The number of pyridine rings is 1. The first kappa shape index (κ1) is 17.4. The first-order valence-corrected chi connectivity index (χ1v) is 7.52. The summed E-state index contributed by atoms with van der Waals surface area (Å²) in [4.78, 5) is 13.7. The molecule has 1 heterocycles. The number of aromatic nitrogens is 1. The Morgan fingerprint density at radius 3 is 2.48 bits per heavy atom. The van der Waals surface area contributed by atoms with Gasteiger partial charge >= 0.3 is 0 Å². The van der Waals surface area contributed by atoms with Gasteiger partial charge < -0.3 is 4.74 Å². The predicted octanol–water partition coefficient (Wildman–Crippen LogP) is 3.99. The van der Waals surface area contributed by atoms with Crippen LogP contribution in [0.15, 0.2) is 42.5 Å². The van der Waals surface area contributed by atoms with E-state index >= 15 is 0 Å². The van der Waals surface area contributed by atoms with Gasteiger partial charge in [0.1, 0.15) is 12.3 Å². The van der Waals surface area contributed by atoms with Crippen molar-refractivity contribution in [2.45, 2.75) is 32.5 Å². The third-order valence-electron chi connectivity index (χ3n) is 3.40. The average molecular weight is 319 g/mol. The van der Waals surface area contributed by atoms with Crippen molar-refractivity contribution in [1.29, 1.82) is 0 Å². The fourth-order valence-electron chi connectivity index (χ4n) is 2.16. The number of benzene rings is 1. The fraction of sp³-hybridized carbons (Fsp3) is 0.389. The number of nitrogens with zero attached hydrogens (tertiary/aromatic N) is 1. The Kier molecular flexibility index (Phi) is 6.07. The van der Waals surface area contributed by atoms with Gasteiger partial charge in [0.15, 0.2) is 0 Å². The Hall–Kier alpha value is -1.98. The fourth-order valence-corrected chi connectivity index (χ4v) is 2.16. The molecule has 2 aromatic rings. The van der Waals surface area contributed by atoms with Crippen LogP contribution in [0.4, 0.5) is 4.39 Å². The molecule has 0 spiro atoms. The molecule has 0 amide bonds. The number of ether oxygens (including phenoxy) is 1. The van der Waals surface area contributed by atoms with Crippen LogP contribution in [0.3, 0.4) is 0 Å². The number of hydrogen-bond acceptors (Lipinski definition) is 4. The van der Waals surface area contributed by atoms with Crippen LogP contribution >= 0.6 is 0 Å². The van der Waals surface area contributed by atoms with Crippen LogP contribution in [0, 0.1) is 0 Å². The second-order valence-electron chi connectivity index (χ2n) is 5.63. The van der Waals surface area contributed by atoms with Crippen LogP contribution < -0.4 is 4.74 Å². The molecule has 0 aliphatic rings. The molecule has 1 aromatic heterocycles. The van der Waals surface area contributed by atoms with E-state index in [0.717, 1.165) is 17.5 Å². The summed E-state index contributed by atoms with van der Waals surface area (Å²) in [6.45, 7) is 3.79. The van der Waals surface area contributed by atoms with E-state index in [9.17, 15) is 4.39 Å². The molecule has 0 unspecified atom stereocenters. The highest BCUT2D eigenvalue weighted by molar-refractivity contribution is 5.27. The Morgan fingerprint density at radius 2 is 1.78 bits per heavy atom. The van der Waals surface area contributed by atoms with Crippen LogP contribution in [-0.2, 0) is 28.5 Å². The topological polar surface area (TPSA) is 40.6 Å². The summed E-state index contributed by atoms with van der Waals surface area (Å²) < 4.78 is 19.7. The third kappa shape index (κ3) is 5.30. The Labute approximate surface area is 136 Å². The van der Waals surface area contributed by atoms with Crippen LogP contribution in [0.2, 0.25) is 0 Å². The Morgan fingerprint density at radius 1 is 1.04 bits per heavy atom. The molecule has 0 fully saturated rings. The minimum atomic E-state index is -1.49. The largest absolute Gasteiger partial charge is 0.473 e. The number of rotatable bonds is 8. The number of alkyl halides is 1. The zero-order valence-corrected chi connectivity index (χ0v) is 13.7. The standard InChI is InChI=1S/C18H22FNO3/c1-18(2,19)16-9-6-10-17(20-16)22-13-15-8-5-4-7-14(15)11-12-23-21-3/h4-10H,11-13H2,1-3H3. The monoisotopic (exact) mass is 319 g/mol. The highest BCUT2D eigenvalue weighted by atomic mass is 19.1. The zero-order valence-electron chi connectivity index (χ0n) is 13.7. The number of halogens is 1. The minimum absolute atomic E-state index is 0.358. The molecule has 0 radical (unpaired) electrons. The Bertz CT molecular complexity index is 626. The van der Waals surface area contributed by atoms with Gasteiger partial charge in [-0.05, 0) is 37.5 Å². The molecule has 4 nitrogen and oxygen atoms in total. The van der Waals surface area contributed by atoms with Crippen molar-refractivity contribution in [3.05, 3.63) is 59.3 Å². The van der Waals surface area contributed by atoms with E-state index in [4.69, 9.17) is 9.62 Å². The smallest absolute Gasteiger partial charge is 0.213 e. The second-order valence-corrected chi connectivity index (χ2v) is 5.63. The molecule has 0 saturated carbocycles. The summed E-state index contributed by atoms with van der Waals surface area (Å²) in [5.41, 5.74) is 1.02. The molecule has 124 valence electrons. The first-order valence-electron chi connectivity index (χ1n) is 7.52. The second kappa shape index (κ2) is 8.04. The summed E-state index contributed by atoms with van der Waals surface area (Å²) in [5.74, 6) is 0.413. The molecule has 1 aromatic carbocycles. The molecule has 0 saturated heterocycles. The lowest BCUT2D eigenvalue weighted by atomic mass is 10.1. The highest BCUT2D eigenvalue weighted by Crippen LogP contribution is 2.24. The van der Waals surface area contributed by atoms with Gasteiger partial charge in [0.05, 0.1) is 19.4 Å². The molecule has 0 bridgehead atoms. The summed E-state index contributed by atoms with van der Waals surface area (Å²) >= 11 is 0. The molecule has 23 heavy (non-hydrogen) atoms. The van der Waals surface area contributed by atoms with Gasteiger partial charge in [-0.15, -0.1) is 0 Å². The summed E-state index contributed by atoms with van der Waals surface area (Å²) in [7, 11) is 1.49. The molecule has 5 heteroatoms. The van der Waals surface area contributed by atoms with Crippen molar-refractivity contribution in [2.75, 3.05) is 13.7 Å². The lowest BCUT2D eigenvalue weighted by Crippen LogP contribution is -2.12. The van der Waals surface area contributed by atoms with Crippen LogP contribution in [0.25, 0.3) is 0 Å². The quantitative estimate of drug-likeness (QED) is 0.419. The maximum Gasteiger partial charge on any atom is 0.213 e. The van der Waals surface area contributed by atoms with Crippen molar-refractivity contribution in [2.24, 2.45) is 0 Å². The highest BCUT2D eigenvalue weighted by Gasteiger charge is 2.20. The first-order chi connectivity index (χ1) is 11.0. The Balaban J connectivity index is 2.03. The van der Waals surface area contributed by atoms with Gasteiger partial charge in [-0.1, -0.05) is 30.3 Å². The SMILES string of the molecule is COOCCc1ccccc1COc1cccc(C(C)(C)F)n1. The maximum absolute atomic E-state index is 14.0. The van der Waals surface area contributed by atoms with E-state index in [1.807, 2.05) is 24.3 Å². The summed E-state index contributed by atoms with van der Waals surface area (Å²) in [5, 5.41) is 0. The molecule has 0 aliphatic heterocycles. The summed E-state index contributed by atoms with van der Waals surface area (Å²) in [6, 6.07) is 13.1. The average Bonchev–Trinajstić information content (AvgIpc) is 2.54.